The third kappa shape index (κ3) is 2.42. The molecule has 1 amide bonds. The van der Waals surface area contributed by atoms with E-state index in [1.165, 1.54) is 4.70 Å². The Balaban J connectivity index is 0.000000606. The van der Waals surface area contributed by atoms with Gasteiger partial charge >= 0.3 is 0 Å². The number of nitrogens with one attached hydrogen (secondary N) is 1. The molecule has 1 aromatic carbocycles. The summed E-state index contributed by atoms with van der Waals surface area (Å²) >= 11 is 1.66. The summed E-state index contributed by atoms with van der Waals surface area (Å²) in [4.78, 5) is 11.6. The Hall–Kier alpha value is -1.35. The van der Waals surface area contributed by atoms with Crippen molar-refractivity contribution >= 4 is 27.3 Å². The van der Waals surface area contributed by atoms with Crippen LogP contribution in [-0.2, 0) is 0 Å². The Morgan fingerprint density at radius 3 is 2.62 bits per heavy atom. The van der Waals surface area contributed by atoms with Crippen molar-refractivity contribution < 1.29 is 4.79 Å². The first-order valence-electron chi connectivity index (χ1n) is 5.42. The molecule has 1 N–H and O–H groups in total. The fourth-order valence-electron chi connectivity index (χ4n) is 1.53. The summed E-state index contributed by atoms with van der Waals surface area (Å²) in [6.07, 6.45) is 0. The number of rotatable bonds is 1. The smallest absolute Gasteiger partial charge is 0.251 e. The lowest BCUT2D eigenvalue weighted by Gasteiger charge is -2.03. The Kier molecular flexibility index (Phi) is 4.50. The van der Waals surface area contributed by atoms with Gasteiger partial charge in [0.25, 0.3) is 5.91 Å². The summed E-state index contributed by atoms with van der Waals surface area (Å²) in [5.41, 5.74) is 1.89. The first kappa shape index (κ1) is 12.7. The minimum absolute atomic E-state index is 0.0166. The molecule has 2 aromatic rings. The van der Waals surface area contributed by atoms with Crippen LogP contribution in [0.1, 0.15) is 29.8 Å². The van der Waals surface area contributed by atoms with Gasteiger partial charge in [-0.2, -0.15) is 0 Å². The topological polar surface area (TPSA) is 29.1 Å². The summed E-state index contributed by atoms with van der Waals surface area (Å²) in [7, 11) is 1.66. The van der Waals surface area contributed by atoms with Crippen LogP contribution in [-0.4, -0.2) is 13.0 Å². The second kappa shape index (κ2) is 5.66. The summed E-state index contributed by atoms with van der Waals surface area (Å²) in [5, 5.41) is 5.71. The number of carbonyl (C=O) groups is 1. The lowest BCUT2D eigenvalue weighted by molar-refractivity contribution is 0.0964. The van der Waals surface area contributed by atoms with E-state index >= 15 is 0 Å². The van der Waals surface area contributed by atoms with Crippen LogP contribution in [0.5, 0.6) is 0 Å². The minimum atomic E-state index is -0.0166. The van der Waals surface area contributed by atoms with Crippen molar-refractivity contribution in [2.45, 2.75) is 20.8 Å². The maximum atomic E-state index is 11.6. The van der Waals surface area contributed by atoms with Gasteiger partial charge in [0.15, 0.2) is 0 Å². The zero-order valence-electron chi connectivity index (χ0n) is 10.1. The van der Waals surface area contributed by atoms with Gasteiger partial charge in [-0.1, -0.05) is 13.8 Å². The molecule has 0 aliphatic rings. The average Bonchev–Trinajstić information content (AvgIpc) is 2.77. The molecule has 0 aliphatic heterocycles. The number of amides is 1. The maximum Gasteiger partial charge on any atom is 0.251 e. The minimum Gasteiger partial charge on any atom is -0.355 e. The van der Waals surface area contributed by atoms with E-state index in [-0.39, 0.29) is 5.91 Å². The highest BCUT2D eigenvalue weighted by molar-refractivity contribution is 7.17. The molecular weight excluding hydrogens is 218 g/mol. The first-order valence-corrected chi connectivity index (χ1v) is 6.30. The molecule has 0 unspecified atom stereocenters. The van der Waals surface area contributed by atoms with Crippen molar-refractivity contribution in [3.8, 4) is 0 Å². The van der Waals surface area contributed by atoms with E-state index in [4.69, 9.17) is 0 Å². The maximum absolute atomic E-state index is 11.6. The number of aryl methyl sites for hydroxylation is 1. The number of benzene rings is 1. The molecule has 0 saturated heterocycles. The molecule has 0 spiro atoms. The molecule has 0 fully saturated rings. The van der Waals surface area contributed by atoms with Gasteiger partial charge in [-0.25, -0.2) is 0 Å². The standard InChI is InChI=1S/C11H11NOS.C2H6/c1-7-5-9(11(13)12-2)8-3-4-14-10(8)6-7;1-2/h3-6H,1-2H3,(H,12,13);1-2H3. The van der Waals surface area contributed by atoms with Gasteiger partial charge in [0.1, 0.15) is 0 Å². The Labute approximate surface area is 100 Å². The van der Waals surface area contributed by atoms with Crippen molar-refractivity contribution in [3.63, 3.8) is 0 Å². The van der Waals surface area contributed by atoms with Crippen molar-refractivity contribution in [3.05, 3.63) is 34.7 Å². The lowest BCUT2D eigenvalue weighted by Crippen LogP contribution is -2.18. The second-order valence-corrected chi connectivity index (χ2v) is 4.17. The summed E-state index contributed by atoms with van der Waals surface area (Å²) in [6.45, 7) is 6.01. The van der Waals surface area contributed by atoms with Gasteiger partial charge in [0.05, 0.1) is 0 Å². The molecule has 0 atom stereocenters. The fraction of sp³-hybridized carbons (Fsp3) is 0.308. The number of thiophene rings is 1. The molecule has 1 heterocycles. The van der Waals surface area contributed by atoms with Crippen LogP contribution in [0.15, 0.2) is 23.6 Å². The molecule has 16 heavy (non-hydrogen) atoms. The van der Waals surface area contributed by atoms with Crippen molar-refractivity contribution in [2.24, 2.45) is 0 Å². The largest absolute Gasteiger partial charge is 0.355 e. The summed E-state index contributed by atoms with van der Waals surface area (Å²) < 4.78 is 1.17. The predicted molar refractivity (Wildman–Crippen MR) is 71.3 cm³/mol. The van der Waals surface area contributed by atoms with Crippen LogP contribution in [0, 0.1) is 6.92 Å². The Bertz CT molecular complexity index is 488. The van der Waals surface area contributed by atoms with Gasteiger partial charge in [0, 0.05) is 22.7 Å². The molecule has 0 radical (unpaired) electrons. The third-order valence-corrected chi connectivity index (χ3v) is 3.05. The van der Waals surface area contributed by atoms with Crippen LogP contribution < -0.4 is 5.32 Å². The van der Waals surface area contributed by atoms with Gasteiger partial charge in [0.2, 0.25) is 0 Å². The van der Waals surface area contributed by atoms with Crippen LogP contribution in [0.4, 0.5) is 0 Å². The highest BCUT2D eigenvalue weighted by atomic mass is 32.1. The van der Waals surface area contributed by atoms with Crippen LogP contribution in [0.3, 0.4) is 0 Å². The normalized spacial score (nSPS) is 9.50. The van der Waals surface area contributed by atoms with E-state index in [0.717, 1.165) is 16.5 Å². The lowest BCUT2D eigenvalue weighted by atomic mass is 10.1. The van der Waals surface area contributed by atoms with Gasteiger partial charge in [-0.15, -0.1) is 11.3 Å². The third-order valence-electron chi connectivity index (χ3n) is 2.19. The summed E-state index contributed by atoms with van der Waals surface area (Å²) in [5.74, 6) is -0.0166. The van der Waals surface area contributed by atoms with Gasteiger partial charge < -0.3 is 5.32 Å². The molecule has 2 nitrogen and oxygen atoms in total. The first-order chi connectivity index (χ1) is 7.72. The Morgan fingerprint density at radius 1 is 1.31 bits per heavy atom. The fourth-order valence-corrected chi connectivity index (χ4v) is 2.44. The molecule has 86 valence electrons. The molecule has 1 aromatic heterocycles. The summed E-state index contributed by atoms with van der Waals surface area (Å²) in [6, 6.07) is 6.02. The van der Waals surface area contributed by atoms with E-state index in [1.807, 2.05) is 38.3 Å². The molecule has 2 rings (SSSR count). The zero-order chi connectivity index (χ0) is 12.1. The van der Waals surface area contributed by atoms with Crippen molar-refractivity contribution in [1.29, 1.82) is 0 Å². The molecule has 0 aliphatic carbocycles. The van der Waals surface area contributed by atoms with Crippen molar-refractivity contribution in [1.82, 2.24) is 5.32 Å². The average molecular weight is 235 g/mol. The second-order valence-electron chi connectivity index (χ2n) is 3.22. The van der Waals surface area contributed by atoms with E-state index in [0.29, 0.717) is 0 Å². The van der Waals surface area contributed by atoms with Crippen LogP contribution >= 0.6 is 11.3 Å². The highest BCUT2D eigenvalue weighted by Crippen LogP contribution is 2.25. The van der Waals surface area contributed by atoms with Gasteiger partial charge in [-0.05, 0) is 36.1 Å². The van der Waals surface area contributed by atoms with Crippen molar-refractivity contribution in [2.75, 3.05) is 7.05 Å². The zero-order valence-corrected chi connectivity index (χ0v) is 10.9. The monoisotopic (exact) mass is 235 g/mol. The number of carbonyl (C=O) groups excluding carboxylic acids is 1. The number of hydrogen-bond donors (Lipinski definition) is 1. The molecule has 0 bridgehead atoms. The predicted octanol–water partition coefficient (Wildman–Crippen LogP) is 3.60. The molecule has 3 heteroatoms. The van der Waals surface area contributed by atoms with Crippen LogP contribution in [0.2, 0.25) is 0 Å². The SMILES string of the molecule is CC.CNC(=O)c1cc(C)cc2sccc12. The van der Waals surface area contributed by atoms with E-state index in [9.17, 15) is 4.79 Å². The highest BCUT2D eigenvalue weighted by Gasteiger charge is 2.09. The Morgan fingerprint density at radius 2 is 2.00 bits per heavy atom. The van der Waals surface area contributed by atoms with E-state index < -0.39 is 0 Å². The van der Waals surface area contributed by atoms with Gasteiger partial charge in [-0.3, -0.25) is 4.79 Å². The van der Waals surface area contributed by atoms with E-state index in [1.54, 1.807) is 18.4 Å². The molecular formula is C13H17NOS. The van der Waals surface area contributed by atoms with Crippen LogP contribution in [0.25, 0.3) is 10.1 Å². The molecule has 0 saturated carbocycles. The quantitative estimate of drug-likeness (QED) is 0.804. The number of hydrogen-bond acceptors (Lipinski definition) is 2. The van der Waals surface area contributed by atoms with E-state index in [2.05, 4.69) is 11.4 Å². The number of fused-ring (bicyclic) bond motifs is 1.